The third-order valence-electron chi connectivity index (χ3n) is 4.83. The van der Waals surface area contributed by atoms with Gasteiger partial charge in [-0.05, 0) is 67.8 Å². The standard InChI is InChI=1S/C20H24F3N3/c1-14-11-17(8-9-19(14)24)25-18-3-2-10-26(13-18)12-15-4-6-16(7-5-15)20(21,22)23/h4-9,11,18,25H,2-3,10,12-13,24H2,1H3. The quantitative estimate of drug-likeness (QED) is 0.776. The molecule has 0 saturated carbocycles. The molecule has 1 aliphatic heterocycles. The highest BCUT2D eigenvalue weighted by Crippen LogP contribution is 2.29. The lowest BCUT2D eigenvalue weighted by Gasteiger charge is -2.33. The average Bonchev–Trinajstić information content (AvgIpc) is 2.58. The van der Waals surface area contributed by atoms with Gasteiger partial charge in [0.25, 0.3) is 0 Å². The largest absolute Gasteiger partial charge is 0.416 e. The maximum Gasteiger partial charge on any atom is 0.416 e. The number of nitrogens with two attached hydrogens (primary N) is 1. The Bertz CT molecular complexity index is 741. The topological polar surface area (TPSA) is 41.3 Å². The van der Waals surface area contributed by atoms with Crippen molar-refractivity contribution in [2.24, 2.45) is 0 Å². The van der Waals surface area contributed by atoms with Crippen LogP contribution < -0.4 is 11.1 Å². The van der Waals surface area contributed by atoms with Crippen LogP contribution in [0.5, 0.6) is 0 Å². The Hall–Kier alpha value is -2.21. The minimum absolute atomic E-state index is 0.321. The fourth-order valence-electron chi connectivity index (χ4n) is 3.38. The molecule has 1 aliphatic rings. The van der Waals surface area contributed by atoms with E-state index >= 15 is 0 Å². The summed E-state index contributed by atoms with van der Waals surface area (Å²) in [6.07, 6.45) is -2.14. The molecular weight excluding hydrogens is 339 g/mol. The molecule has 0 aromatic heterocycles. The van der Waals surface area contributed by atoms with Gasteiger partial charge in [0.05, 0.1) is 5.56 Å². The normalized spacial score (nSPS) is 18.7. The molecule has 1 heterocycles. The Morgan fingerprint density at radius 1 is 1.15 bits per heavy atom. The predicted octanol–water partition coefficient (Wildman–Crippen LogP) is 4.67. The molecule has 0 spiro atoms. The number of likely N-dealkylation sites (tertiary alicyclic amines) is 1. The van der Waals surface area contributed by atoms with Gasteiger partial charge in [0.15, 0.2) is 0 Å². The van der Waals surface area contributed by atoms with E-state index < -0.39 is 11.7 Å². The molecule has 2 aromatic rings. The number of aryl methyl sites for hydroxylation is 1. The molecule has 2 aromatic carbocycles. The summed E-state index contributed by atoms with van der Waals surface area (Å²) in [5.41, 5.74) is 9.05. The van der Waals surface area contributed by atoms with Gasteiger partial charge in [-0.3, -0.25) is 4.90 Å². The number of nitrogen functional groups attached to an aromatic ring is 1. The third kappa shape index (κ3) is 4.69. The van der Waals surface area contributed by atoms with Crippen LogP contribution in [0.1, 0.15) is 29.5 Å². The van der Waals surface area contributed by atoms with E-state index in [0.717, 1.165) is 60.6 Å². The molecule has 26 heavy (non-hydrogen) atoms. The molecule has 0 aliphatic carbocycles. The first-order valence-electron chi connectivity index (χ1n) is 8.82. The smallest absolute Gasteiger partial charge is 0.399 e. The molecule has 0 radical (unpaired) electrons. The summed E-state index contributed by atoms with van der Waals surface area (Å²) >= 11 is 0. The summed E-state index contributed by atoms with van der Waals surface area (Å²) in [6.45, 7) is 4.47. The predicted molar refractivity (Wildman–Crippen MR) is 99.0 cm³/mol. The first kappa shape index (κ1) is 18.6. The molecule has 6 heteroatoms. The summed E-state index contributed by atoms with van der Waals surface area (Å²) in [5.74, 6) is 0. The van der Waals surface area contributed by atoms with Gasteiger partial charge in [0, 0.05) is 30.5 Å². The van der Waals surface area contributed by atoms with Crippen molar-refractivity contribution in [1.29, 1.82) is 0 Å². The lowest BCUT2D eigenvalue weighted by Crippen LogP contribution is -2.41. The van der Waals surface area contributed by atoms with Gasteiger partial charge in [-0.1, -0.05) is 12.1 Å². The molecule has 1 fully saturated rings. The molecule has 1 saturated heterocycles. The van der Waals surface area contributed by atoms with E-state index in [1.165, 1.54) is 0 Å². The maximum absolute atomic E-state index is 12.7. The molecular formula is C20H24F3N3. The van der Waals surface area contributed by atoms with Gasteiger partial charge in [0.2, 0.25) is 0 Å². The van der Waals surface area contributed by atoms with Crippen LogP contribution >= 0.6 is 0 Å². The third-order valence-corrected chi connectivity index (χ3v) is 4.83. The summed E-state index contributed by atoms with van der Waals surface area (Å²) in [5, 5.41) is 3.55. The van der Waals surface area contributed by atoms with Crippen LogP contribution in [0.4, 0.5) is 24.5 Å². The number of alkyl halides is 3. The number of piperidine rings is 1. The van der Waals surface area contributed by atoms with Crippen molar-refractivity contribution in [1.82, 2.24) is 4.90 Å². The van der Waals surface area contributed by atoms with Crippen LogP contribution in [0.3, 0.4) is 0 Å². The van der Waals surface area contributed by atoms with E-state index in [1.54, 1.807) is 12.1 Å². The second-order valence-electron chi connectivity index (χ2n) is 6.98. The number of nitrogens with zero attached hydrogens (tertiary/aromatic N) is 1. The first-order chi connectivity index (χ1) is 12.3. The van der Waals surface area contributed by atoms with E-state index in [4.69, 9.17) is 5.73 Å². The second kappa shape index (κ2) is 7.58. The van der Waals surface area contributed by atoms with Crippen molar-refractivity contribution in [2.45, 2.75) is 38.5 Å². The zero-order valence-corrected chi connectivity index (χ0v) is 14.8. The Labute approximate surface area is 152 Å². The Kier molecular flexibility index (Phi) is 5.41. The average molecular weight is 363 g/mol. The molecule has 0 amide bonds. The Morgan fingerprint density at radius 2 is 1.88 bits per heavy atom. The number of nitrogens with one attached hydrogen (secondary N) is 1. The number of hydrogen-bond donors (Lipinski definition) is 2. The van der Waals surface area contributed by atoms with Gasteiger partial charge in [-0.25, -0.2) is 0 Å². The minimum Gasteiger partial charge on any atom is -0.399 e. The molecule has 3 nitrogen and oxygen atoms in total. The number of rotatable bonds is 4. The number of halogens is 3. The van der Waals surface area contributed by atoms with E-state index in [-0.39, 0.29) is 0 Å². The monoisotopic (exact) mass is 363 g/mol. The Morgan fingerprint density at radius 3 is 2.54 bits per heavy atom. The molecule has 140 valence electrons. The van der Waals surface area contributed by atoms with E-state index in [9.17, 15) is 13.2 Å². The van der Waals surface area contributed by atoms with Gasteiger partial charge in [-0.2, -0.15) is 13.2 Å². The number of benzene rings is 2. The second-order valence-corrected chi connectivity index (χ2v) is 6.98. The van der Waals surface area contributed by atoms with Gasteiger partial charge < -0.3 is 11.1 Å². The van der Waals surface area contributed by atoms with Crippen molar-refractivity contribution in [2.75, 3.05) is 24.1 Å². The first-order valence-corrected chi connectivity index (χ1v) is 8.82. The zero-order chi connectivity index (χ0) is 18.7. The van der Waals surface area contributed by atoms with Crippen LogP contribution in [-0.4, -0.2) is 24.0 Å². The molecule has 3 N–H and O–H groups in total. The Balaban J connectivity index is 1.59. The van der Waals surface area contributed by atoms with Crippen molar-refractivity contribution in [3.05, 3.63) is 59.2 Å². The molecule has 1 unspecified atom stereocenters. The molecule has 3 rings (SSSR count). The summed E-state index contributed by atoms with van der Waals surface area (Å²) in [6, 6.07) is 11.7. The highest BCUT2D eigenvalue weighted by molar-refractivity contribution is 5.57. The van der Waals surface area contributed by atoms with Crippen LogP contribution in [0.15, 0.2) is 42.5 Å². The molecule has 0 bridgehead atoms. The summed E-state index contributed by atoms with van der Waals surface area (Å²) in [4.78, 5) is 2.29. The van der Waals surface area contributed by atoms with E-state index in [0.29, 0.717) is 12.6 Å². The van der Waals surface area contributed by atoms with E-state index in [2.05, 4.69) is 10.2 Å². The highest BCUT2D eigenvalue weighted by Gasteiger charge is 2.30. The highest BCUT2D eigenvalue weighted by atomic mass is 19.4. The molecule has 1 atom stereocenters. The summed E-state index contributed by atoms with van der Waals surface area (Å²) in [7, 11) is 0. The summed E-state index contributed by atoms with van der Waals surface area (Å²) < 4.78 is 38.0. The zero-order valence-electron chi connectivity index (χ0n) is 14.8. The lowest BCUT2D eigenvalue weighted by atomic mass is 10.0. The minimum atomic E-state index is -4.28. The van der Waals surface area contributed by atoms with Crippen LogP contribution in [0, 0.1) is 6.92 Å². The SMILES string of the molecule is Cc1cc(NC2CCCN(Cc3ccc(C(F)(F)F)cc3)C2)ccc1N. The fraction of sp³-hybridized carbons (Fsp3) is 0.400. The van der Waals surface area contributed by atoms with Crippen molar-refractivity contribution < 1.29 is 13.2 Å². The maximum atomic E-state index is 12.7. The van der Waals surface area contributed by atoms with Crippen molar-refractivity contribution in [3.8, 4) is 0 Å². The van der Waals surface area contributed by atoms with Gasteiger partial charge in [-0.15, -0.1) is 0 Å². The van der Waals surface area contributed by atoms with Crippen LogP contribution in [0.2, 0.25) is 0 Å². The van der Waals surface area contributed by atoms with Crippen molar-refractivity contribution in [3.63, 3.8) is 0 Å². The van der Waals surface area contributed by atoms with Crippen LogP contribution in [0.25, 0.3) is 0 Å². The van der Waals surface area contributed by atoms with E-state index in [1.807, 2.05) is 25.1 Å². The van der Waals surface area contributed by atoms with Gasteiger partial charge >= 0.3 is 6.18 Å². The fourth-order valence-corrected chi connectivity index (χ4v) is 3.38. The van der Waals surface area contributed by atoms with Crippen molar-refractivity contribution >= 4 is 11.4 Å². The number of anilines is 2. The lowest BCUT2D eigenvalue weighted by molar-refractivity contribution is -0.137. The van der Waals surface area contributed by atoms with Gasteiger partial charge in [0.1, 0.15) is 0 Å². The van der Waals surface area contributed by atoms with Crippen LogP contribution in [-0.2, 0) is 12.7 Å². The number of hydrogen-bond acceptors (Lipinski definition) is 3.